The largest absolute Gasteiger partial charge is 0.495 e. The third-order valence-electron chi connectivity index (χ3n) is 2.96. The van der Waals surface area contributed by atoms with E-state index in [2.05, 4.69) is 19.7 Å². The standard InChI is InChI=1S/C13H11ClN4O3S/c1-21-12-3-2-9(5-10(12)14)22(19,20)18-8-4-11-13(15-6-8)17-7-16-11/h2-7,18H,1H3,(H,15,16,17). The van der Waals surface area contributed by atoms with Crippen molar-refractivity contribution in [2.75, 3.05) is 11.8 Å². The number of anilines is 1. The van der Waals surface area contributed by atoms with Crippen molar-refractivity contribution in [3.05, 3.63) is 41.8 Å². The van der Waals surface area contributed by atoms with Crippen molar-refractivity contribution < 1.29 is 13.2 Å². The topological polar surface area (TPSA) is 97.0 Å². The number of aromatic amines is 1. The highest BCUT2D eigenvalue weighted by Crippen LogP contribution is 2.28. The molecule has 114 valence electrons. The van der Waals surface area contributed by atoms with Crippen LogP contribution in [0.25, 0.3) is 11.2 Å². The van der Waals surface area contributed by atoms with E-state index in [1.54, 1.807) is 6.07 Å². The zero-order valence-electron chi connectivity index (χ0n) is 11.4. The third-order valence-corrected chi connectivity index (χ3v) is 4.63. The van der Waals surface area contributed by atoms with Crippen LogP contribution in [-0.2, 0) is 10.0 Å². The maximum atomic E-state index is 12.4. The van der Waals surface area contributed by atoms with Crippen LogP contribution in [0.2, 0.25) is 5.02 Å². The Morgan fingerprint density at radius 3 is 2.82 bits per heavy atom. The number of H-pyrrole nitrogens is 1. The molecule has 2 N–H and O–H groups in total. The van der Waals surface area contributed by atoms with Crippen LogP contribution >= 0.6 is 11.6 Å². The van der Waals surface area contributed by atoms with E-state index < -0.39 is 10.0 Å². The first-order chi connectivity index (χ1) is 10.5. The molecule has 0 atom stereocenters. The fourth-order valence-corrected chi connectivity index (χ4v) is 3.30. The Morgan fingerprint density at radius 1 is 1.27 bits per heavy atom. The molecule has 0 bridgehead atoms. The van der Waals surface area contributed by atoms with Gasteiger partial charge in [0.25, 0.3) is 10.0 Å². The lowest BCUT2D eigenvalue weighted by atomic mass is 10.3. The summed E-state index contributed by atoms with van der Waals surface area (Å²) in [4.78, 5) is 10.9. The quantitative estimate of drug-likeness (QED) is 0.761. The summed E-state index contributed by atoms with van der Waals surface area (Å²) in [6, 6.07) is 5.84. The first-order valence-electron chi connectivity index (χ1n) is 6.15. The number of sulfonamides is 1. The normalized spacial score (nSPS) is 11.5. The van der Waals surface area contributed by atoms with Crippen molar-refractivity contribution in [3.63, 3.8) is 0 Å². The molecule has 1 aromatic carbocycles. The number of nitrogens with one attached hydrogen (secondary N) is 2. The fourth-order valence-electron chi connectivity index (χ4n) is 1.91. The van der Waals surface area contributed by atoms with Gasteiger partial charge >= 0.3 is 0 Å². The number of benzene rings is 1. The summed E-state index contributed by atoms with van der Waals surface area (Å²) in [5, 5.41) is 0.215. The van der Waals surface area contributed by atoms with Crippen molar-refractivity contribution in [1.82, 2.24) is 15.0 Å². The minimum atomic E-state index is -3.78. The van der Waals surface area contributed by atoms with Gasteiger partial charge in [-0.05, 0) is 24.3 Å². The second-order valence-corrected chi connectivity index (χ2v) is 6.49. The van der Waals surface area contributed by atoms with Crippen molar-refractivity contribution in [3.8, 4) is 5.75 Å². The lowest BCUT2D eigenvalue weighted by molar-refractivity contribution is 0.414. The first-order valence-corrected chi connectivity index (χ1v) is 8.01. The van der Waals surface area contributed by atoms with E-state index in [-0.39, 0.29) is 9.92 Å². The maximum absolute atomic E-state index is 12.4. The zero-order valence-corrected chi connectivity index (χ0v) is 12.9. The van der Waals surface area contributed by atoms with Crippen LogP contribution in [0.5, 0.6) is 5.75 Å². The van der Waals surface area contributed by atoms with Crippen LogP contribution in [0.4, 0.5) is 5.69 Å². The van der Waals surface area contributed by atoms with Crippen molar-refractivity contribution in [2.45, 2.75) is 4.90 Å². The molecular formula is C13H11ClN4O3S. The molecule has 0 saturated carbocycles. The van der Waals surface area contributed by atoms with Crippen LogP contribution in [0.1, 0.15) is 0 Å². The van der Waals surface area contributed by atoms with Crippen LogP contribution in [0, 0.1) is 0 Å². The Hall–Kier alpha value is -2.32. The Morgan fingerprint density at radius 2 is 2.09 bits per heavy atom. The van der Waals surface area contributed by atoms with Gasteiger partial charge in [0.05, 0.1) is 40.8 Å². The summed E-state index contributed by atoms with van der Waals surface area (Å²) >= 11 is 5.96. The molecule has 2 heterocycles. The molecule has 0 unspecified atom stereocenters. The van der Waals surface area contributed by atoms with Crippen molar-refractivity contribution in [1.29, 1.82) is 0 Å². The smallest absolute Gasteiger partial charge is 0.261 e. The van der Waals surface area contributed by atoms with Crippen LogP contribution in [0.3, 0.4) is 0 Å². The lowest BCUT2D eigenvalue weighted by Crippen LogP contribution is -2.13. The number of aromatic nitrogens is 3. The molecule has 2 aromatic heterocycles. The zero-order chi connectivity index (χ0) is 15.7. The summed E-state index contributed by atoms with van der Waals surface area (Å²) in [5.41, 5.74) is 1.46. The number of pyridine rings is 1. The maximum Gasteiger partial charge on any atom is 0.261 e. The van der Waals surface area contributed by atoms with Gasteiger partial charge in [-0.2, -0.15) is 0 Å². The molecule has 7 nitrogen and oxygen atoms in total. The summed E-state index contributed by atoms with van der Waals surface area (Å²) in [5.74, 6) is 0.404. The van der Waals surface area contributed by atoms with Gasteiger partial charge in [0.15, 0.2) is 5.65 Å². The molecule has 22 heavy (non-hydrogen) atoms. The monoisotopic (exact) mass is 338 g/mol. The number of halogens is 1. The van der Waals surface area contributed by atoms with Gasteiger partial charge < -0.3 is 9.72 Å². The van der Waals surface area contributed by atoms with Crippen LogP contribution in [0.15, 0.2) is 41.7 Å². The van der Waals surface area contributed by atoms with Crippen molar-refractivity contribution in [2.24, 2.45) is 0 Å². The second-order valence-electron chi connectivity index (χ2n) is 4.40. The van der Waals surface area contributed by atoms with Gasteiger partial charge in [-0.25, -0.2) is 18.4 Å². The van der Waals surface area contributed by atoms with E-state index in [4.69, 9.17) is 16.3 Å². The number of ether oxygens (including phenoxy) is 1. The van der Waals surface area contributed by atoms with Gasteiger partial charge in [0.2, 0.25) is 0 Å². The number of methoxy groups -OCH3 is 1. The average molecular weight is 339 g/mol. The number of hydrogen-bond donors (Lipinski definition) is 2. The third kappa shape index (κ3) is 2.70. The van der Waals surface area contributed by atoms with E-state index in [1.807, 2.05) is 0 Å². The minimum Gasteiger partial charge on any atom is -0.495 e. The van der Waals surface area contributed by atoms with Crippen molar-refractivity contribution >= 4 is 38.5 Å². The summed E-state index contributed by atoms with van der Waals surface area (Å²) in [7, 11) is -2.32. The summed E-state index contributed by atoms with van der Waals surface area (Å²) < 4.78 is 32.2. The number of rotatable bonds is 4. The molecule has 0 spiro atoms. The molecule has 9 heteroatoms. The number of imidazole rings is 1. The highest BCUT2D eigenvalue weighted by atomic mass is 35.5. The van der Waals surface area contributed by atoms with Crippen LogP contribution < -0.4 is 9.46 Å². The molecule has 3 rings (SSSR count). The predicted molar refractivity (Wildman–Crippen MR) is 82.7 cm³/mol. The molecule has 3 aromatic rings. The van der Waals surface area contributed by atoms with Gasteiger partial charge in [0.1, 0.15) is 5.75 Å². The van der Waals surface area contributed by atoms with E-state index in [0.717, 1.165) is 0 Å². The first kappa shape index (κ1) is 14.6. The highest BCUT2D eigenvalue weighted by Gasteiger charge is 2.17. The molecule has 0 aliphatic heterocycles. The number of nitrogens with zero attached hydrogens (tertiary/aromatic N) is 2. The van der Waals surface area contributed by atoms with E-state index >= 15 is 0 Å². The highest BCUT2D eigenvalue weighted by molar-refractivity contribution is 7.92. The average Bonchev–Trinajstić information content (AvgIpc) is 2.94. The van der Waals surface area contributed by atoms with Gasteiger partial charge in [-0.1, -0.05) is 11.6 Å². The van der Waals surface area contributed by atoms with E-state index in [0.29, 0.717) is 22.6 Å². The fraction of sp³-hybridized carbons (Fsp3) is 0.0769. The molecule has 0 saturated heterocycles. The molecule has 0 amide bonds. The SMILES string of the molecule is COc1ccc(S(=O)(=O)Nc2cnc3nc[nH]c3c2)cc1Cl. The van der Waals surface area contributed by atoms with Gasteiger partial charge in [-0.3, -0.25) is 4.72 Å². The van der Waals surface area contributed by atoms with E-state index in [1.165, 1.54) is 37.8 Å². The van der Waals surface area contributed by atoms with Crippen LogP contribution in [-0.4, -0.2) is 30.5 Å². The number of hydrogen-bond acceptors (Lipinski definition) is 5. The molecular weight excluding hydrogens is 328 g/mol. The summed E-state index contributed by atoms with van der Waals surface area (Å²) in [6.45, 7) is 0. The Bertz CT molecular complexity index is 939. The molecule has 0 radical (unpaired) electrons. The Labute approximate surface area is 131 Å². The van der Waals surface area contributed by atoms with Gasteiger partial charge in [-0.15, -0.1) is 0 Å². The molecule has 0 aliphatic carbocycles. The second kappa shape index (κ2) is 5.47. The predicted octanol–water partition coefficient (Wildman–Crippen LogP) is 2.42. The Kier molecular flexibility index (Phi) is 3.63. The van der Waals surface area contributed by atoms with E-state index in [9.17, 15) is 8.42 Å². The van der Waals surface area contributed by atoms with Gasteiger partial charge in [0, 0.05) is 0 Å². The lowest BCUT2D eigenvalue weighted by Gasteiger charge is -2.09. The Balaban J connectivity index is 1.93. The molecule has 0 aliphatic rings. The number of fused-ring (bicyclic) bond motifs is 1. The minimum absolute atomic E-state index is 0.0306. The molecule has 0 fully saturated rings. The summed E-state index contributed by atoms with van der Waals surface area (Å²) in [6.07, 6.45) is 2.88.